The topological polar surface area (TPSA) is 67.8 Å². The third-order valence-electron chi connectivity index (χ3n) is 2.25. The predicted molar refractivity (Wildman–Crippen MR) is 70.8 cm³/mol. The van der Waals surface area contributed by atoms with E-state index in [-0.39, 0.29) is 11.2 Å². The lowest BCUT2D eigenvalue weighted by Crippen LogP contribution is -2.61. The quantitative estimate of drug-likeness (QED) is 0.768. The van der Waals surface area contributed by atoms with Gasteiger partial charge in [-0.3, -0.25) is 9.03 Å². The summed E-state index contributed by atoms with van der Waals surface area (Å²) in [5.41, 5.74) is -0.576. The second-order valence-corrected chi connectivity index (χ2v) is 15.7. The monoisotopic (exact) mass is 257 g/mol. The Labute approximate surface area is 96.6 Å². The summed E-state index contributed by atoms with van der Waals surface area (Å²) in [5, 5.41) is 6.94. The summed E-state index contributed by atoms with van der Waals surface area (Å²) < 4.78 is 1.38. The highest BCUT2D eigenvalue weighted by Crippen LogP contribution is 1.99. The lowest BCUT2D eigenvalue weighted by atomic mass is 10.8. The second-order valence-electron chi connectivity index (χ2n) is 5.94. The Balaban J connectivity index is 3.66. The Bertz CT molecular complexity index is 505. The van der Waals surface area contributed by atoms with E-state index < -0.39 is 16.3 Å². The molecular weight excluding hydrogens is 238 g/mol. The molecule has 0 aliphatic carbocycles. The van der Waals surface area contributed by atoms with Gasteiger partial charge < -0.3 is 0 Å². The first-order chi connectivity index (χ1) is 7.05. The molecule has 0 aliphatic heterocycles. The van der Waals surface area contributed by atoms with E-state index in [0.717, 1.165) is 0 Å². The minimum Gasteiger partial charge on any atom is -0.288 e. The molecule has 5 nitrogen and oxygen atoms in total. The maximum absolute atomic E-state index is 12.2. The van der Waals surface area contributed by atoms with E-state index in [9.17, 15) is 9.59 Å². The average molecular weight is 257 g/mol. The molecule has 1 aromatic heterocycles. The average Bonchev–Trinajstić information content (AvgIpc) is 1.97. The van der Waals surface area contributed by atoms with Crippen molar-refractivity contribution in [3.8, 4) is 0 Å². The van der Waals surface area contributed by atoms with Crippen molar-refractivity contribution in [1.82, 2.24) is 14.4 Å². The van der Waals surface area contributed by atoms with E-state index in [1.165, 1.54) is 4.23 Å². The summed E-state index contributed by atoms with van der Waals surface area (Å²) >= 11 is 0. The molecule has 0 atom stereocenters. The van der Waals surface area contributed by atoms with Gasteiger partial charge in [-0.25, -0.2) is 9.89 Å². The maximum atomic E-state index is 12.2. The fourth-order valence-electron chi connectivity index (χ4n) is 1.50. The summed E-state index contributed by atoms with van der Waals surface area (Å²) in [5.74, 6) is 0. The predicted octanol–water partition coefficient (Wildman–Crippen LogP) is 0.160. The number of hydrogen-bond donors (Lipinski definition) is 1. The molecule has 90 valence electrons. The number of nitrogens with zero attached hydrogens (tertiary/aromatic N) is 2. The molecule has 0 saturated heterocycles. The summed E-state index contributed by atoms with van der Waals surface area (Å²) in [6, 6.07) is 0. The van der Waals surface area contributed by atoms with Crippen LogP contribution in [0.25, 0.3) is 0 Å². The molecule has 0 aliphatic rings. The molecule has 16 heavy (non-hydrogen) atoms. The first-order valence-electron chi connectivity index (χ1n) is 5.28. The molecule has 0 radical (unpaired) electrons. The van der Waals surface area contributed by atoms with Crippen LogP contribution in [0.5, 0.6) is 0 Å². The standard InChI is InChI=1S/C9H19N3O2Si2/c1-15(2,3)7-8(13)12(16(4,5)6)9(14)11-10-7/h1-6H3,(H,11,14). The Kier molecular flexibility index (Phi) is 3.12. The fourth-order valence-corrected chi connectivity index (χ4v) is 4.13. The van der Waals surface area contributed by atoms with Crippen LogP contribution < -0.4 is 16.6 Å². The van der Waals surface area contributed by atoms with Gasteiger partial charge >= 0.3 is 5.69 Å². The molecular formula is C9H19N3O2Si2. The lowest BCUT2D eigenvalue weighted by Gasteiger charge is -2.21. The van der Waals surface area contributed by atoms with Gasteiger partial charge in [-0.15, -0.1) is 0 Å². The highest BCUT2D eigenvalue weighted by atomic mass is 28.3. The van der Waals surface area contributed by atoms with Crippen LogP contribution in [0.2, 0.25) is 39.3 Å². The van der Waals surface area contributed by atoms with E-state index in [4.69, 9.17) is 0 Å². The number of nitrogens with one attached hydrogen (secondary N) is 1. The van der Waals surface area contributed by atoms with Gasteiger partial charge in [-0.1, -0.05) is 39.3 Å². The molecule has 0 fully saturated rings. The van der Waals surface area contributed by atoms with Gasteiger partial charge in [0.25, 0.3) is 5.56 Å². The van der Waals surface area contributed by atoms with Crippen LogP contribution >= 0.6 is 0 Å². The zero-order valence-corrected chi connectivity index (χ0v) is 12.7. The molecule has 0 spiro atoms. The van der Waals surface area contributed by atoms with E-state index in [2.05, 4.69) is 10.2 Å². The molecule has 0 bridgehead atoms. The highest BCUT2D eigenvalue weighted by Gasteiger charge is 2.28. The molecule has 1 aromatic rings. The summed E-state index contributed by atoms with van der Waals surface area (Å²) in [6.07, 6.45) is 0. The summed E-state index contributed by atoms with van der Waals surface area (Å²) in [6.45, 7) is 12.0. The highest BCUT2D eigenvalue weighted by molar-refractivity contribution is 6.88. The van der Waals surface area contributed by atoms with Crippen molar-refractivity contribution in [1.29, 1.82) is 0 Å². The summed E-state index contributed by atoms with van der Waals surface area (Å²) in [7, 11) is -3.79. The van der Waals surface area contributed by atoms with Crippen LogP contribution in [-0.4, -0.2) is 30.7 Å². The Hall–Kier alpha value is -0.956. The van der Waals surface area contributed by atoms with Gasteiger partial charge in [0.2, 0.25) is 0 Å². The number of aromatic nitrogens is 3. The minimum absolute atomic E-state index is 0.193. The largest absolute Gasteiger partial charge is 0.336 e. The molecule has 1 heterocycles. The van der Waals surface area contributed by atoms with E-state index in [1.54, 1.807) is 0 Å². The van der Waals surface area contributed by atoms with Crippen LogP contribution in [0.4, 0.5) is 0 Å². The van der Waals surface area contributed by atoms with Crippen molar-refractivity contribution < 1.29 is 0 Å². The smallest absolute Gasteiger partial charge is 0.288 e. The number of aromatic amines is 1. The van der Waals surface area contributed by atoms with Crippen LogP contribution in [0.15, 0.2) is 9.59 Å². The van der Waals surface area contributed by atoms with E-state index in [1.807, 2.05) is 39.3 Å². The second kappa shape index (κ2) is 3.81. The van der Waals surface area contributed by atoms with Crippen LogP contribution in [0, 0.1) is 0 Å². The third-order valence-corrected chi connectivity index (χ3v) is 5.75. The van der Waals surface area contributed by atoms with Crippen LogP contribution in [-0.2, 0) is 0 Å². The summed E-state index contributed by atoms with van der Waals surface area (Å²) in [4.78, 5) is 23.9. The van der Waals surface area contributed by atoms with Crippen molar-refractivity contribution in [3.63, 3.8) is 0 Å². The Morgan fingerprint density at radius 2 is 1.56 bits per heavy atom. The van der Waals surface area contributed by atoms with Crippen molar-refractivity contribution in [2.75, 3.05) is 0 Å². The zero-order chi connectivity index (χ0) is 12.7. The van der Waals surface area contributed by atoms with E-state index in [0.29, 0.717) is 5.32 Å². The third kappa shape index (κ3) is 2.41. The van der Waals surface area contributed by atoms with Crippen molar-refractivity contribution in [2.45, 2.75) is 39.3 Å². The van der Waals surface area contributed by atoms with Crippen LogP contribution in [0.3, 0.4) is 0 Å². The van der Waals surface area contributed by atoms with Crippen LogP contribution in [0.1, 0.15) is 0 Å². The number of H-pyrrole nitrogens is 1. The zero-order valence-electron chi connectivity index (χ0n) is 10.7. The van der Waals surface area contributed by atoms with Gasteiger partial charge in [0.05, 0.1) is 0 Å². The Morgan fingerprint density at radius 3 is 1.94 bits per heavy atom. The minimum atomic E-state index is -1.99. The lowest BCUT2D eigenvalue weighted by molar-refractivity contribution is 0.843. The fraction of sp³-hybridized carbons (Fsp3) is 0.667. The maximum Gasteiger partial charge on any atom is 0.336 e. The SMILES string of the molecule is C[Si](C)(C)c1n[nH]c(=O)n([Si](C)(C)C)c1=O. The van der Waals surface area contributed by atoms with Gasteiger partial charge in [0.1, 0.15) is 13.4 Å². The first-order valence-corrected chi connectivity index (χ1v) is 12.2. The number of hydrogen-bond acceptors (Lipinski definition) is 3. The molecule has 7 heteroatoms. The first kappa shape index (κ1) is 13.1. The normalized spacial score (nSPS) is 12.9. The van der Waals surface area contributed by atoms with E-state index >= 15 is 0 Å². The molecule has 1 rings (SSSR count). The van der Waals surface area contributed by atoms with Crippen molar-refractivity contribution >= 4 is 21.6 Å². The van der Waals surface area contributed by atoms with Gasteiger partial charge in [0, 0.05) is 0 Å². The molecule has 0 saturated carbocycles. The molecule has 0 amide bonds. The molecule has 0 unspecified atom stereocenters. The Morgan fingerprint density at radius 1 is 1.06 bits per heavy atom. The van der Waals surface area contributed by atoms with Crippen molar-refractivity contribution in [3.05, 3.63) is 20.8 Å². The van der Waals surface area contributed by atoms with Gasteiger partial charge in [0.15, 0.2) is 8.24 Å². The van der Waals surface area contributed by atoms with Crippen molar-refractivity contribution in [2.24, 2.45) is 0 Å². The molecule has 0 aromatic carbocycles. The molecule has 1 N–H and O–H groups in total. The van der Waals surface area contributed by atoms with Gasteiger partial charge in [-0.05, 0) is 0 Å². The van der Waals surface area contributed by atoms with Gasteiger partial charge in [-0.2, -0.15) is 5.10 Å². The number of rotatable bonds is 2.